The van der Waals surface area contributed by atoms with Gasteiger partial charge in [-0.3, -0.25) is 0 Å². The van der Waals surface area contributed by atoms with Crippen molar-refractivity contribution >= 4 is 6.29 Å². The summed E-state index contributed by atoms with van der Waals surface area (Å²) in [5.41, 5.74) is 1.65. The minimum absolute atomic E-state index is 0.418. The summed E-state index contributed by atoms with van der Waals surface area (Å²) in [4.78, 5) is 11.2. The van der Waals surface area contributed by atoms with Crippen LogP contribution in [0.2, 0.25) is 0 Å². The lowest BCUT2D eigenvalue weighted by molar-refractivity contribution is -0.279. The molecule has 0 N–H and O–H groups in total. The zero-order valence-corrected chi connectivity index (χ0v) is 21.4. The van der Waals surface area contributed by atoms with Gasteiger partial charge in [-0.25, -0.2) is 0 Å². The maximum atomic E-state index is 11.2. The fraction of sp³-hybridized carbons (Fsp3) is 0.552. The summed E-state index contributed by atoms with van der Waals surface area (Å²) >= 11 is 0. The van der Waals surface area contributed by atoms with Crippen LogP contribution in [0.3, 0.4) is 0 Å². The number of carbonyl (C=O) groups excluding carboxylic acids is 1. The average Bonchev–Trinajstić information content (AvgIpc) is 2.84. The highest BCUT2D eigenvalue weighted by atomic mass is 16.7. The van der Waals surface area contributed by atoms with Crippen LogP contribution in [0.1, 0.15) is 71.3 Å². The number of hydrogen-bond acceptors (Lipinski definition) is 5. The van der Waals surface area contributed by atoms with E-state index in [1.807, 2.05) is 44.4 Å². The molecule has 5 heteroatoms. The second-order valence-electron chi connectivity index (χ2n) is 9.30. The summed E-state index contributed by atoms with van der Waals surface area (Å²) in [6.07, 6.45) is 18.3. The number of carbonyl (C=O) groups is 1. The van der Waals surface area contributed by atoms with Crippen LogP contribution in [0.25, 0.3) is 0 Å². The molecule has 0 radical (unpaired) electrons. The fourth-order valence-electron chi connectivity index (χ4n) is 3.87. The maximum Gasteiger partial charge on any atom is 0.162 e. The van der Waals surface area contributed by atoms with Gasteiger partial charge in [0.1, 0.15) is 18.6 Å². The van der Waals surface area contributed by atoms with Crippen LogP contribution < -0.4 is 4.74 Å². The van der Waals surface area contributed by atoms with E-state index in [0.29, 0.717) is 32.7 Å². The average molecular weight is 471 g/mol. The van der Waals surface area contributed by atoms with Gasteiger partial charge in [0.15, 0.2) is 5.79 Å². The van der Waals surface area contributed by atoms with E-state index in [9.17, 15) is 4.79 Å². The molecular weight excluding hydrogens is 428 g/mol. The Bertz CT molecular complexity index is 794. The molecule has 1 heterocycles. The number of unbranched alkanes of at least 4 members (excludes halogenated alkanes) is 4. The first kappa shape index (κ1) is 27.9. The number of ether oxygens (including phenoxy) is 4. The Morgan fingerprint density at radius 3 is 2.29 bits per heavy atom. The molecule has 0 saturated carbocycles. The van der Waals surface area contributed by atoms with Crippen molar-refractivity contribution in [3.05, 3.63) is 66.0 Å². The van der Waals surface area contributed by atoms with E-state index in [1.54, 1.807) is 7.11 Å². The van der Waals surface area contributed by atoms with Crippen LogP contribution in [-0.2, 0) is 25.6 Å². The van der Waals surface area contributed by atoms with Gasteiger partial charge in [-0.1, -0.05) is 42.9 Å². The van der Waals surface area contributed by atoms with Crippen molar-refractivity contribution < 1.29 is 23.7 Å². The molecular formula is C29H42O5. The second-order valence-corrected chi connectivity index (χ2v) is 9.30. The molecule has 0 atom stereocenters. The standard InChI is InChI=1S/C29H42O5/c1-5-6-7-8-9-10-11-12-14-26(22-32-21-25-15-17-27(31-4)18-16-25)29(19-13-20-30)23-33-28(2,3)34-24-29/h5-6,12,14-18,20,22H,7-11,13,19,21,23-24H2,1-4H3/b6-5+,14-12+,26-22-. The largest absolute Gasteiger partial charge is 0.497 e. The number of benzene rings is 1. The predicted octanol–water partition coefficient (Wildman–Crippen LogP) is 6.93. The van der Waals surface area contributed by atoms with Gasteiger partial charge in [0.25, 0.3) is 0 Å². The molecule has 1 aromatic rings. The zero-order chi connectivity index (χ0) is 24.7. The van der Waals surface area contributed by atoms with Crippen molar-refractivity contribution in [1.29, 1.82) is 0 Å². The van der Waals surface area contributed by atoms with Gasteiger partial charge in [0, 0.05) is 11.8 Å². The molecule has 0 unspecified atom stereocenters. The molecule has 1 saturated heterocycles. The van der Waals surface area contributed by atoms with Crippen molar-refractivity contribution in [2.75, 3.05) is 20.3 Å². The molecule has 188 valence electrons. The van der Waals surface area contributed by atoms with E-state index in [0.717, 1.165) is 42.4 Å². The first-order valence-electron chi connectivity index (χ1n) is 12.4. The van der Waals surface area contributed by atoms with Crippen LogP contribution >= 0.6 is 0 Å². The summed E-state index contributed by atoms with van der Waals surface area (Å²) in [6, 6.07) is 7.84. The highest BCUT2D eigenvalue weighted by molar-refractivity contribution is 5.49. The minimum atomic E-state index is -0.629. The predicted molar refractivity (Wildman–Crippen MR) is 137 cm³/mol. The maximum absolute atomic E-state index is 11.2. The Hall–Kier alpha value is -2.37. The van der Waals surface area contributed by atoms with Crippen LogP contribution in [0.5, 0.6) is 5.75 Å². The smallest absolute Gasteiger partial charge is 0.162 e. The van der Waals surface area contributed by atoms with E-state index < -0.39 is 11.2 Å². The third-order valence-electron chi connectivity index (χ3n) is 6.14. The molecule has 1 fully saturated rings. The number of aldehydes is 1. The topological polar surface area (TPSA) is 54.0 Å². The van der Waals surface area contributed by atoms with Gasteiger partial charge in [-0.05, 0) is 76.1 Å². The Balaban J connectivity index is 2.11. The van der Waals surface area contributed by atoms with Crippen LogP contribution in [-0.4, -0.2) is 32.4 Å². The molecule has 0 aliphatic carbocycles. The number of methoxy groups -OCH3 is 1. The van der Waals surface area contributed by atoms with Crippen LogP contribution in [0.4, 0.5) is 0 Å². The normalized spacial score (nSPS) is 17.8. The van der Waals surface area contributed by atoms with Crippen LogP contribution in [0.15, 0.2) is 60.4 Å². The molecule has 1 aliphatic heterocycles. The van der Waals surface area contributed by atoms with E-state index in [2.05, 4.69) is 31.2 Å². The zero-order valence-electron chi connectivity index (χ0n) is 21.4. The molecule has 1 aliphatic rings. The van der Waals surface area contributed by atoms with Crippen molar-refractivity contribution in [3.63, 3.8) is 0 Å². The molecule has 0 spiro atoms. The lowest BCUT2D eigenvalue weighted by Gasteiger charge is -2.44. The SMILES string of the molecule is C/C=C/CCCCC/C=C/C(=C/OCc1ccc(OC)cc1)C1(CCC=O)COC(C)(C)OC1. The van der Waals surface area contributed by atoms with Gasteiger partial charge in [0.05, 0.1) is 26.6 Å². The van der Waals surface area contributed by atoms with Crippen molar-refractivity contribution in [1.82, 2.24) is 0 Å². The summed E-state index contributed by atoms with van der Waals surface area (Å²) in [7, 11) is 1.66. The lowest BCUT2D eigenvalue weighted by atomic mass is 9.77. The van der Waals surface area contributed by atoms with Gasteiger partial charge < -0.3 is 23.7 Å². The highest BCUT2D eigenvalue weighted by Gasteiger charge is 2.42. The lowest BCUT2D eigenvalue weighted by Crippen LogP contribution is -2.47. The Morgan fingerprint density at radius 2 is 1.68 bits per heavy atom. The van der Waals surface area contributed by atoms with E-state index in [4.69, 9.17) is 18.9 Å². The van der Waals surface area contributed by atoms with E-state index in [1.165, 1.54) is 12.8 Å². The number of allylic oxidation sites excluding steroid dienone is 4. The highest BCUT2D eigenvalue weighted by Crippen LogP contribution is 2.40. The first-order valence-corrected chi connectivity index (χ1v) is 12.4. The third-order valence-corrected chi connectivity index (χ3v) is 6.14. The molecule has 0 aromatic heterocycles. The Labute approximate surface area is 205 Å². The first-order chi connectivity index (χ1) is 16.4. The molecule has 0 amide bonds. The second kappa shape index (κ2) is 14.8. The summed E-state index contributed by atoms with van der Waals surface area (Å²) < 4.78 is 23.3. The van der Waals surface area contributed by atoms with E-state index >= 15 is 0 Å². The summed E-state index contributed by atoms with van der Waals surface area (Å²) in [6.45, 7) is 7.32. The molecule has 2 rings (SSSR count). The number of rotatable bonds is 15. The third kappa shape index (κ3) is 9.47. The monoisotopic (exact) mass is 470 g/mol. The van der Waals surface area contributed by atoms with Gasteiger partial charge >= 0.3 is 0 Å². The molecule has 34 heavy (non-hydrogen) atoms. The fourth-order valence-corrected chi connectivity index (χ4v) is 3.87. The van der Waals surface area contributed by atoms with Crippen molar-refractivity contribution in [2.45, 2.75) is 78.1 Å². The minimum Gasteiger partial charge on any atom is -0.497 e. The molecule has 0 bridgehead atoms. The van der Waals surface area contributed by atoms with Gasteiger partial charge in [0.2, 0.25) is 0 Å². The molecule has 5 nitrogen and oxygen atoms in total. The summed E-state index contributed by atoms with van der Waals surface area (Å²) in [5, 5.41) is 0. The van der Waals surface area contributed by atoms with Crippen LogP contribution in [0, 0.1) is 5.41 Å². The summed E-state index contributed by atoms with van der Waals surface area (Å²) in [5.74, 6) is 0.191. The van der Waals surface area contributed by atoms with E-state index in [-0.39, 0.29) is 0 Å². The number of hydrogen-bond donors (Lipinski definition) is 0. The van der Waals surface area contributed by atoms with Gasteiger partial charge in [-0.2, -0.15) is 0 Å². The van der Waals surface area contributed by atoms with Crippen molar-refractivity contribution in [3.8, 4) is 5.75 Å². The van der Waals surface area contributed by atoms with Crippen molar-refractivity contribution in [2.24, 2.45) is 5.41 Å². The Morgan fingerprint density at radius 1 is 1.00 bits per heavy atom. The molecule has 1 aromatic carbocycles. The van der Waals surface area contributed by atoms with Gasteiger partial charge in [-0.15, -0.1) is 0 Å². The quantitative estimate of drug-likeness (QED) is 0.0915. The Kier molecular flexibility index (Phi) is 12.1.